The first-order valence-electron chi connectivity index (χ1n) is 9.24. The predicted molar refractivity (Wildman–Crippen MR) is 98.9 cm³/mol. The van der Waals surface area contributed by atoms with E-state index in [0.717, 1.165) is 30.2 Å². The molecule has 0 bridgehead atoms. The molecular formula is C21H27FN2O2. The first kappa shape index (κ1) is 18.6. The van der Waals surface area contributed by atoms with Crippen LogP contribution in [0.4, 0.5) is 4.39 Å². The molecule has 2 heterocycles. The zero-order valence-electron chi connectivity index (χ0n) is 15.7. The normalized spacial score (nSPS) is 19.2. The molecule has 0 spiro atoms. The molecule has 1 aliphatic rings. The van der Waals surface area contributed by atoms with Crippen LogP contribution in [0.2, 0.25) is 0 Å². The Balaban J connectivity index is 1.75. The maximum Gasteiger partial charge on any atom is 0.224 e. The van der Waals surface area contributed by atoms with E-state index in [1.54, 1.807) is 12.1 Å². The van der Waals surface area contributed by atoms with Gasteiger partial charge in [0.1, 0.15) is 17.3 Å². The van der Waals surface area contributed by atoms with Crippen molar-refractivity contribution in [3.8, 4) is 0 Å². The Bertz CT molecular complexity index is 739. The van der Waals surface area contributed by atoms with Crippen LogP contribution in [0.3, 0.4) is 0 Å². The van der Waals surface area contributed by atoms with Crippen molar-refractivity contribution in [2.75, 3.05) is 13.1 Å². The minimum Gasteiger partial charge on any atom is -0.465 e. The van der Waals surface area contributed by atoms with Crippen molar-refractivity contribution in [1.82, 2.24) is 9.80 Å². The van der Waals surface area contributed by atoms with Gasteiger partial charge in [0.05, 0.1) is 6.54 Å². The van der Waals surface area contributed by atoms with E-state index in [9.17, 15) is 9.18 Å². The van der Waals surface area contributed by atoms with Gasteiger partial charge in [-0.3, -0.25) is 9.69 Å². The van der Waals surface area contributed by atoms with Gasteiger partial charge in [-0.05, 0) is 42.7 Å². The molecule has 1 amide bonds. The summed E-state index contributed by atoms with van der Waals surface area (Å²) < 4.78 is 18.9. The summed E-state index contributed by atoms with van der Waals surface area (Å²) in [6, 6.07) is 10.5. The first-order valence-corrected chi connectivity index (χ1v) is 9.24. The monoisotopic (exact) mass is 358 g/mol. The molecule has 0 unspecified atom stereocenters. The van der Waals surface area contributed by atoms with Crippen LogP contribution in [0.25, 0.3) is 0 Å². The van der Waals surface area contributed by atoms with Gasteiger partial charge in [-0.1, -0.05) is 26.0 Å². The lowest BCUT2D eigenvalue weighted by atomic mass is 10.0. The molecule has 140 valence electrons. The Labute approximate surface area is 154 Å². The Kier molecular flexibility index (Phi) is 5.77. The first-order chi connectivity index (χ1) is 12.4. The second-order valence-corrected chi connectivity index (χ2v) is 7.46. The number of rotatable bonds is 5. The van der Waals surface area contributed by atoms with Gasteiger partial charge in [-0.25, -0.2) is 4.39 Å². The molecule has 0 saturated carbocycles. The van der Waals surface area contributed by atoms with Gasteiger partial charge in [0.2, 0.25) is 5.91 Å². The quantitative estimate of drug-likeness (QED) is 0.811. The molecular weight excluding hydrogens is 331 g/mol. The SMILES string of the molecule is Cc1ccc(CN2CCC(=O)N(Cc3ccc(F)cc3)[C@@H](C(C)C)C2)o1. The number of furan rings is 1. The Morgan fingerprint density at radius 1 is 1.15 bits per heavy atom. The molecule has 4 nitrogen and oxygen atoms in total. The summed E-state index contributed by atoms with van der Waals surface area (Å²) in [7, 11) is 0. The minimum atomic E-state index is -0.253. The lowest BCUT2D eigenvalue weighted by Gasteiger charge is -2.34. The Morgan fingerprint density at radius 2 is 1.88 bits per heavy atom. The van der Waals surface area contributed by atoms with Gasteiger partial charge in [0.25, 0.3) is 0 Å². The lowest BCUT2D eigenvalue weighted by Crippen LogP contribution is -2.45. The Hall–Kier alpha value is -2.14. The summed E-state index contributed by atoms with van der Waals surface area (Å²) in [5.41, 5.74) is 0.959. The molecule has 1 aliphatic heterocycles. The molecule has 0 aliphatic carbocycles. The van der Waals surface area contributed by atoms with Crippen molar-refractivity contribution in [2.24, 2.45) is 5.92 Å². The molecule has 3 rings (SSSR count). The van der Waals surface area contributed by atoms with Gasteiger partial charge >= 0.3 is 0 Å². The highest BCUT2D eigenvalue weighted by atomic mass is 19.1. The molecule has 0 N–H and O–H groups in total. The number of hydrogen-bond donors (Lipinski definition) is 0. The van der Waals surface area contributed by atoms with Crippen LogP contribution in [0, 0.1) is 18.7 Å². The van der Waals surface area contributed by atoms with Crippen LogP contribution >= 0.6 is 0 Å². The summed E-state index contributed by atoms with van der Waals surface area (Å²) in [6.07, 6.45) is 0.490. The summed E-state index contributed by atoms with van der Waals surface area (Å²) in [5.74, 6) is 2.08. The molecule has 1 aromatic carbocycles. The number of benzene rings is 1. The predicted octanol–water partition coefficient (Wildman–Crippen LogP) is 3.99. The third-order valence-corrected chi connectivity index (χ3v) is 5.02. The van der Waals surface area contributed by atoms with Crippen molar-refractivity contribution in [2.45, 2.75) is 46.3 Å². The summed E-state index contributed by atoms with van der Waals surface area (Å²) in [5, 5.41) is 0. The third-order valence-electron chi connectivity index (χ3n) is 5.02. The number of aryl methyl sites for hydroxylation is 1. The third kappa shape index (κ3) is 4.52. The van der Waals surface area contributed by atoms with Crippen molar-refractivity contribution in [1.29, 1.82) is 0 Å². The van der Waals surface area contributed by atoms with Crippen LogP contribution in [0.15, 0.2) is 40.8 Å². The average Bonchev–Trinajstić information content (AvgIpc) is 2.94. The van der Waals surface area contributed by atoms with Gasteiger partial charge < -0.3 is 9.32 Å². The largest absolute Gasteiger partial charge is 0.465 e. The highest BCUT2D eigenvalue weighted by molar-refractivity contribution is 5.77. The fourth-order valence-corrected chi connectivity index (χ4v) is 3.53. The van der Waals surface area contributed by atoms with E-state index in [4.69, 9.17) is 4.42 Å². The molecule has 2 aromatic rings. The second-order valence-electron chi connectivity index (χ2n) is 7.46. The van der Waals surface area contributed by atoms with Gasteiger partial charge in [-0.2, -0.15) is 0 Å². The van der Waals surface area contributed by atoms with Crippen molar-refractivity contribution in [3.63, 3.8) is 0 Å². The van der Waals surface area contributed by atoms with Crippen LogP contribution in [0.1, 0.15) is 37.4 Å². The molecule has 1 atom stereocenters. The molecule has 1 fully saturated rings. The number of carbonyl (C=O) groups excluding carboxylic acids is 1. The second kappa shape index (κ2) is 8.04. The van der Waals surface area contributed by atoms with E-state index in [-0.39, 0.29) is 17.8 Å². The van der Waals surface area contributed by atoms with Gasteiger partial charge in [0, 0.05) is 32.1 Å². The van der Waals surface area contributed by atoms with E-state index in [1.807, 2.05) is 24.0 Å². The smallest absolute Gasteiger partial charge is 0.224 e. The van der Waals surface area contributed by atoms with Gasteiger partial charge in [-0.15, -0.1) is 0 Å². The maximum atomic E-state index is 13.2. The van der Waals surface area contributed by atoms with Crippen LogP contribution in [0.5, 0.6) is 0 Å². The number of amides is 1. The fourth-order valence-electron chi connectivity index (χ4n) is 3.53. The van der Waals surface area contributed by atoms with Gasteiger partial charge in [0.15, 0.2) is 0 Å². The average molecular weight is 358 g/mol. The number of halogens is 1. The fraction of sp³-hybridized carbons (Fsp3) is 0.476. The standard InChI is InChI=1S/C21H27FN2O2/c1-15(2)20-14-23(13-19-9-4-16(3)26-19)11-10-21(25)24(20)12-17-5-7-18(22)8-6-17/h4-9,15,20H,10-14H2,1-3H3/t20-/m1/s1. The molecule has 26 heavy (non-hydrogen) atoms. The summed E-state index contributed by atoms with van der Waals surface area (Å²) >= 11 is 0. The van der Waals surface area contributed by atoms with E-state index in [2.05, 4.69) is 18.7 Å². The van der Waals surface area contributed by atoms with E-state index in [0.29, 0.717) is 25.4 Å². The lowest BCUT2D eigenvalue weighted by molar-refractivity contribution is -0.134. The molecule has 0 radical (unpaired) electrons. The van der Waals surface area contributed by atoms with Crippen LogP contribution in [-0.4, -0.2) is 34.8 Å². The van der Waals surface area contributed by atoms with E-state index in [1.165, 1.54) is 12.1 Å². The van der Waals surface area contributed by atoms with Crippen LogP contribution < -0.4 is 0 Å². The highest BCUT2D eigenvalue weighted by Gasteiger charge is 2.31. The topological polar surface area (TPSA) is 36.7 Å². The van der Waals surface area contributed by atoms with Crippen molar-refractivity contribution >= 4 is 5.91 Å². The zero-order chi connectivity index (χ0) is 18.7. The van der Waals surface area contributed by atoms with E-state index < -0.39 is 0 Å². The van der Waals surface area contributed by atoms with Crippen LogP contribution in [-0.2, 0) is 17.9 Å². The van der Waals surface area contributed by atoms with E-state index >= 15 is 0 Å². The Morgan fingerprint density at radius 3 is 2.50 bits per heavy atom. The summed E-state index contributed by atoms with van der Waals surface area (Å²) in [4.78, 5) is 17.1. The van der Waals surface area contributed by atoms with Crippen molar-refractivity contribution in [3.05, 3.63) is 59.3 Å². The number of carbonyl (C=O) groups is 1. The number of nitrogens with zero attached hydrogens (tertiary/aromatic N) is 2. The molecule has 5 heteroatoms. The minimum absolute atomic E-state index is 0.117. The molecule has 1 saturated heterocycles. The summed E-state index contributed by atoms with van der Waals surface area (Å²) in [6.45, 7) is 9.01. The zero-order valence-corrected chi connectivity index (χ0v) is 15.7. The highest BCUT2D eigenvalue weighted by Crippen LogP contribution is 2.22. The molecule has 1 aromatic heterocycles. The van der Waals surface area contributed by atoms with Crippen molar-refractivity contribution < 1.29 is 13.6 Å². The maximum absolute atomic E-state index is 13.2. The number of hydrogen-bond acceptors (Lipinski definition) is 3.